The van der Waals surface area contributed by atoms with E-state index in [1.54, 1.807) is 12.0 Å². The average Bonchev–Trinajstić information content (AvgIpc) is 2.39. The quantitative estimate of drug-likeness (QED) is 0.690. The second-order valence-corrected chi connectivity index (χ2v) is 3.88. The Morgan fingerprint density at radius 1 is 1.33 bits per heavy atom. The fourth-order valence-corrected chi connectivity index (χ4v) is 1.85. The lowest BCUT2D eigenvalue weighted by Gasteiger charge is -2.12. The molecule has 0 aliphatic carbocycles. The Morgan fingerprint density at radius 2 is 2.13 bits per heavy atom. The van der Waals surface area contributed by atoms with Crippen LogP contribution in [0.1, 0.15) is 11.1 Å². The van der Waals surface area contributed by atoms with Gasteiger partial charge in [0, 0.05) is 13.6 Å². The van der Waals surface area contributed by atoms with E-state index >= 15 is 0 Å². The highest BCUT2D eigenvalue weighted by Crippen LogP contribution is 2.21. The Hall–Kier alpha value is -1.51. The van der Waals surface area contributed by atoms with Crippen molar-refractivity contribution in [2.24, 2.45) is 0 Å². The summed E-state index contributed by atoms with van der Waals surface area (Å²) < 4.78 is 5.16. The number of hydrogen-bond acceptors (Lipinski definition) is 2. The molecular weight excluding hydrogens is 190 g/mol. The number of likely N-dealkylation sites (N-methyl/N-ethyl adjacent to an activating group) is 1. The van der Waals surface area contributed by atoms with E-state index in [1.807, 2.05) is 19.2 Å². The summed E-state index contributed by atoms with van der Waals surface area (Å²) in [6, 6.07) is 5.97. The standard InChI is InChI=1S/C12H15NO2/c1-13-6-5-9-3-4-11(15-2)7-10(9)8-12(13)14/h3-4,7H,5-6,8H2,1-2H3. The summed E-state index contributed by atoms with van der Waals surface area (Å²) in [5.74, 6) is 1.01. The van der Waals surface area contributed by atoms with E-state index in [4.69, 9.17) is 4.74 Å². The third-order valence-corrected chi connectivity index (χ3v) is 2.90. The van der Waals surface area contributed by atoms with E-state index in [0.29, 0.717) is 6.42 Å². The van der Waals surface area contributed by atoms with Crippen LogP contribution < -0.4 is 4.74 Å². The van der Waals surface area contributed by atoms with Crippen LogP contribution in [0.15, 0.2) is 18.2 Å². The van der Waals surface area contributed by atoms with Crippen LogP contribution in [0.2, 0.25) is 0 Å². The van der Waals surface area contributed by atoms with Gasteiger partial charge in [0.25, 0.3) is 0 Å². The summed E-state index contributed by atoms with van der Waals surface area (Å²) >= 11 is 0. The molecular formula is C12H15NO2. The second kappa shape index (κ2) is 3.93. The van der Waals surface area contributed by atoms with Crippen molar-refractivity contribution in [2.75, 3.05) is 20.7 Å². The highest BCUT2D eigenvalue weighted by atomic mass is 16.5. The molecule has 1 aromatic rings. The largest absolute Gasteiger partial charge is 0.497 e. The zero-order valence-electron chi connectivity index (χ0n) is 9.12. The summed E-state index contributed by atoms with van der Waals surface area (Å²) in [4.78, 5) is 13.4. The maximum atomic E-state index is 11.7. The summed E-state index contributed by atoms with van der Waals surface area (Å²) in [5.41, 5.74) is 2.36. The first-order valence-electron chi connectivity index (χ1n) is 5.10. The SMILES string of the molecule is COc1ccc2c(c1)CC(=O)N(C)CC2. The van der Waals surface area contributed by atoms with Crippen molar-refractivity contribution in [1.29, 1.82) is 0 Å². The Morgan fingerprint density at radius 3 is 2.87 bits per heavy atom. The van der Waals surface area contributed by atoms with Crippen LogP contribution in [0.3, 0.4) is 0 Å². The second-order valence-electron chi connectivity index (χ2n) is 3.88. The number of carbonyl (C=O) groups excluding carboxylic acids is 1. The van der Waals surface area contributed by atoms with Gasteiger partial charge in [0.15, 0.2) is 0 Å². The molecule has 2 rings (SSSR count). The maximum absolute atomic E-state index is 11.7. The molecule has 0 fully saturated rings. The molecule has 0 unspecified atom stereocenters. The van der Waals surface area contributed by atoms with Crippen molar-refractivity contribution in [2.45, 2.75) is 12.8 Å². The highest BCUT2D eigenvalue weighted by Gasteiger charge is 2.17. The van der Waals surface area contributed by atoms with Gasteiger partial charge < -0.3 is 9.64 Å². The predicted octanol–water partition coefficient (Wildman–Crippen LogP) is 1.25. The predicted molar refractivity (Wildman–Crippen MR) is 58.0 cm³/mol. The molecule has 1 aliphatic heterocycles. The van der Waals surface area contributed by atoms with Crippen molar-refractivity contribution in [3.05, 3.63) is 29.3 Å². The van der Waals surface area contributed by atoms with E-state index in [9.17, 15) is 4.79 Å². The molecule has 1 amide bonds. The van der Waals surface area contributed by atoms with Crippen LogP contribution in [-0.4, -0.2) is 31.5 Å². The molecule has 0 atom stereocenters. The highest BCUT2D eigenvalue weighted by molar-refractivity contribution is 5.79. The number of rotatable bonds is 1. The first-order valence-corrected chi connectivity index (χ1v) is 5.10. The lowest BCUT2D eigenvalue weighted by atomic mass is 10.0. The number of hydrogen-bond donors (Lipinski definition) is 0. The smallest absolute Gasteiger partial charge is 0.226 e. The lowest BCUT2D eigenvalue weighted by Crippen LogP contribution is -2.27. The van der Waals surface area contributed by atoms with Gasteiger partial charge in [-0.3, -0.25) is 4.79 Å². The topological polar surface area (TPSA) is 29.5 Å². The Kier molecular flexibility index (Phi) is 2.62. The normalized spacial score (nSPS) is 15.9. The van der Waals surface area contributed by atoms with Gasteiger partial charge in [0.05, 0.1) is 13.5 Å². The van der Waals surface area contributed by atoms with E-state index in [1.165, 1.54) is 5.56 Å². The van der Waals surface area contributed by atoms with Gasteiger partial charge in [-0.05, 0) is 29.7 Å². The number of nitrogens with zero attached hydrogens (tertiary/aromatic N) is 1. The van der Waals surface area contributed by atoms with Crippen molar-refractivity contribution >= 4 is 5.91 Å². The van der Waals surface area contributed by atoms with Crippen LogP contribution >= 0.6 is 0 Å². The van der Waals surface area contributed by atoms with Gasteiger partial charge in [-0.2, -0.15) is 0 Å². The monoisotopic (exact) mass is 205 g/mol. The summed E-state index contributed by atoms with van der Waals surface area (Å²) in [6.07, 6.45) is 1.42. The molecule has 1 aliphatic rings. The molecule has 1 aromatic carbocycles. The summed E-state index contributed by atoms with van der Waals surface area (Å²) in [7, 11) is 3.50. The fourth-order valence-electron chi connectivity index (χ4n) is 1.85. The number of ether oxygens (including phenoxy) is 1. The first kappa shape index (κ1) is 10.0. The number of amides is 1. The minimum Gasteiger partial charge on any atom is -0.497 e. The summed E-state index contributed by atoms with van der Waals surface area (Å²) in [6.45, 7) is 0.804. The molecule has 0 bridgehead atoms. The van der Waals surface area contributed by atoms with Gasteiger partial charge in [-0.1, -0.05) is 6.07 Å². The molecule has 0 saturated carbocycles. The molecule has 3 nitrogen and oxygen atoms in total. The van der Waals surface area contributed by atoms with Crippen LogP contribution in [0.5, 0.6) is 5.75 Å². The van der Waals surface area contributed by atoms with Gasteiger partial charge in [-0.25, -0.2) is 0 Å². The lowest BCUT2D eigenvalue weighted by molar-refractivity contribution is -0.128. The van der Waals surface area contributed by atoms with Gasteiger partial charge >= 0.3 is 0 Å². The molecule has 0 saturated heterocycles. The number of carbonyl (C=O) groups is 1. The number of methoxy groups -OCH3 is 1. The maximum Gasteiger partial charge on any atom is 0.226 e. The van der Waals surface area contributed by atoms with Crippen molar-refractivity contribution in [1.82, 2.24) is 4.90 Å². The molecule has 15 heavy (non-hydrogen) atoms. The van der Waals surface area contributed by atoms with Crippen LogP contribution in [0.25, 0.3) is 0 Å². The zero-order valence-corrected chi connectivity index (χ0v) is 9.12. The minimum atomic E-state index is 0.182. The van der Waals surface area contributed by atoms with Crippen molar-refractivity contribution < 1.29 is 9.53 Å². The number of benzene rings is 1. The molecule has 0 radical (unpaired) electrons. The van der Waals surface area contributed by atoms with E-state index in [2.05, 4.69) is 6.07 Å². The fraction of sp³-hybridized carbons (Fsp3) is 0.417. The van der Waals surface area contributed by atoms with Gasteiger partial charge in [0.2, 0.25) is 5.91 Å². The van der Waals surface area contributed by atoms with E-state index in [0.717, 1.165) is 24.3 Å². The van der Waals surface area contributed by atoms with Crippen molar-refractivity contribution in [3.8, 4) is 5.75 Å². The summed E-state index contributed by atoms with van der Waals surface area (Å²) in [5, 5.41) is 0. The van der Waals surface area contributed by atoms with Gasteiger partial charge in [0.1, 0.15) is 5.75 Å². The first-order chi connectivity index (χ1) is 7.20. The molecule has 3 heteroatoms. The molecule has 80 valence electrons. The number of fused-ring (bicyclic) bond motifs is 1. The third kappa shape index (κ3) is 1.96. The third-order valence-electron chi connectivity index (χ3n) is 2.90. The Labute approximate surface area is 89.7 Å². The van der Waals surface area contributed by atoms with E-state index < -0.39 is 0 Å². The molecule has 0 aromatic heterocycles. The zero-order chi connectivity index (χ0) is 10.8. The van der Waals surface area contributed by atoms with E-state index in [-0.39, 0.29) is 5.91 Å². The van der Waals surface area contributed by atoms with Crippen LogP contribution in [0, 0.1) is 0 Å². The molecule has 1 heterocycles. The Balaban J connectivity index is 2.35. The molecule has 0 spiro atoms. The van der Waals surface area contributed by atoms with Crippen LogP contribution in [-0.2, 0) is 17.6 Å². The van der Waals surface area contributed by atoms with Crippen LogP contribution in [0.4, 0.5) is 0 Å². The average molecular weight is 205 g/mol. The van der Waals surface area contributed by atoms with Crippen molar-refractivity contribution in [3.63, 3.8) is 0 Å². The van der Waals surface area contributed by atoms with Gasteiger partial charge in [-0.15, -0.1) is 0 Å². The Bertz CT molecular complexity index is 387. The molecule has 0 N–H and O–H groups in total. The minimum absolute atomic E-state index is 0.182.